The van der Waals surface area contributed by atoms with Gasteiger partial charge in [0.25, 0.3) is 0 Å². The smallest absolute Gasteiger partial charge is 0.248 e. The molecule has 1 N–H and O–H groups in total. The van der Waals surface area contributed by atoms with Gasteiger partial charge in [-0.05, 0) is 48.4 Å². The zero-order chi connectivity index (χ0) is 18.2. The Hall–Kier alpha value is -2.78. The minimum atomic E-state index is -0.128. The first kappa shape index (κ1) is 18.0. The number of thioether (sulfide) groups is 1. The van der Waals surface area contributed by atoms with Gasteiger partial charge in [0, 0.05) is 22.4 Å². The van der Waals surface area contributed by atoms with Crippen LogP contribution in [0.4, 0.5) is 5.69 Å². The molecule has 3 aromatic carbocycles. The standard InChI is InChI=1S/C23H21NOS/c1-18-7-9-19(10-8-18)13-16-23(25)24-21-14-11-20(12-15-21)17-26-22-5-3-2-4-6-22/h2-16H,17H2,1H3,(H,24,25)/b16-13+. The number of amides is 1. The summed E-state index contributed by atoms with van der Waals surface area (Å²) >= 11 is 1.80. The molecular formula is C23H21NOS. The summed E-state index contributed by atoms with van der Waals surface area (Å²) in [5, 5.41) is 2.89. The molecule has 0 atom stereocenters. The molecule has 0 saturated heterocycles. The van der Waals surface area contributed by atoms with Crippen molar-refractivity contribution in [2.24, 2.45) is 0 Å². The van der Waals surface area contributed by atoms with Crippen LogP contribution in [0.15, 0.2) is 89.8 Å². The third-order valence-electron chi connectivity index (χ3n) is 3.87. The van der Waals surface area contributed by atoms with Crippen LogP contribution in [0, 0.1) is 6.92 Å². The summed E-state index contributed by atoms with van der Waals surface area (Å²) in [5.74, 6) is 0.781. The fraction of sp³-hybridized carbons (Fsp3) is 0.0870. The molecule has 3 rings (SSSR count). The quantitative estimate of drug-likeness (QED) is 0.436. The average Bonchev–Trinajstić information content (AvgIpc) is 2.68. The van der Waals surface area contributed by atoms with E-state index in [1.54, 1.807) is 17.8 Å². The molecule has 2 nitrogen and oxygen atoms in total. The Morgan fingerprint density at radius 1 is 0.923 bits per heavy atom. The number of nitrogens with one attached hydrogen (secondary N) is 1. The van der Waals surface area contributed by atoms with E-state index in [1.807, 2.05) is 67.6 Å². The van der Waals surface area contributed by atoms with Gasteiger partial charge < -0.3 is 5.32 Å². The van der Waals surface area contributed by atoms with E-state index in [4.69, 9.17) is 0 Å². The van der Waals surface area contributed by atoms with E-state index in [0.717, 1.165) is 17.0 Å². The summed E-state index contributed by atoms with van der Waals surface area (Å²) < 4.78 is 0. The summed E-state index contributed by atoms with van der Waals surface area (Å²) in [6.45, 7) is 2.04. The van der Waals surface area contributed by atoms with Crippen molar-refractivity contribution >= 4 is 29.4 Å². The minimum Gasteiger partial charge on any atom is -0.323 e. The molecule has 0 spiro atoms. The van der Waals surface area contributed by atoms with Gasteiger partial charge in [0.1, 0.15) is 0 Å². The van der Waals surface area contributed by atoms with Crippen LogP contribution in [0.5, 0.6) is 0 Å². The van der Waals surface area contributed by atoms with Crippen molar-refractivity contribution in [1.82, 2.24) is 0 Å². The largest absolute Gasteiger partial charge is 0.323 e. The predicted octanol–water partition coefficient (Wildman–Crippen LogP) is 5.94. The van der Waals surface area contributed by atoms with E-state index in [2.05, 4.69) is 29.6 Å². The number of anilines is 1. The van der Waals surface area contributed by atoms with Crippen LogP contribution < -0.4 is 5.32 Å². The third kappa shape index (κ3) is 5.64. The number of benzene rings is 3. The second-order valence-electron chi connectivity index (χ2n) is 6.03. The fourth-order valence-electron chi connectivity index (χ4n) is 2.40. The van der Waals surface area contributed by atoms with E-state index >= 15 is 0 Å². The number of carbonyl (C=O) groups is 1. The molecule has 0 bridgehead atoms. The van der Waals surface area contributed by atoms with Crippen LogP contribution in [0.25, 0.3) is 6.08 Å². The van der Waals surface area contributed by atoms with Crippen LogP contribution in [-0.2, 0) is 10.5 Å². The average molecular weight is 359 g/mol. The molecular weight excluding hydrogens is 338 g/mol. The normalized spacial score (nSPS) is 10.8. The van der Waals surface area contributed by atoms with E-state index in [-0.39, 0.29) is 5.91 Å². The van der Waals surface area contributed by atoms with E-state index in [0.29, 0.717) is 0 Å². The molecule has 26 heavy (non-hydrogen) atoms. The Morgan fingerprint density at radius 3 is 2.31 bits per heavy atom. The molecule has 0 fully saturated rings. The Labute approximate surface area is 159 Å². The zero-order valence-electron chi connectivity index (χ0n) is 14.7. The van der Waals surface area contributed by atoms with Gasteiger partial charge in [-0.2, -0.15) is 0 Å². The highest BCUT2D eigenvalue weighted by Crippen LogP contribution is 2.23. The highest BCUT2D eigenvalue weighted by molar-refractivity contribution is 7.98. The molecule has 1 amide bonds. The summed E-state index contributed by atoms with van der Waals surface area (Å²) in [4.78, 5) is 13.3. The van der Waals surface area contributed by atoms with Crippen molar-refractivity contribution in [1.29, 1.82) is 0 Å². The highest BCUT2D eigenvalue weighted by atomic mass is 32.2. The first-order valence-electron chi connectivity index (χ1n) is 8.51. The molecule has 0 aliphatic heterocycles. The topological polar surface area (TPSA) is 29.1 Å². The van der Waals surface area contributed by atoms with Crippen molar-refractivity contribution in [3.05, 3.63) is 102 Å². The van der Waals surface area contributed by atoms with E-state index in [9.17, 15) is 4.79 Å². The first-order valence-corrected chi connectivity index (χ1v) is 9.50. The SMILES string of the molecule is Cc1ccc(/C=C/C(=O)Nc2ccc(CSc3ccccc3)cc2)cc1. The second-order valence-corrected chi connectivity index (χ2v) is 7.08. The van der Waals surface area contributed by atoms with Crippen LogP contribution in [0.2, 0.25) is 0 Å². The first-order chi connectivity index (χ1) is 12.7. The molecule has 0 aromatic heterocycles. The summed E-state index contributed by atoms with van der Waals surface area (Å²) in [6.07, 6.45) is 3.38. The van der Waals surface area contributed by atoms with Gasteiger partial charge in [-0.3, -0.25) is 4.79 Å². The number of hydrogen-bond donors (Lipinski definition) is 1. The van der Waals surface area contributed by atoms with E-state index in [1.165, 1.54) is 16.0 Å². The lowest BCUT2D eigenvalue weighted by Gasteiger charge is -2.05. The fourth-order valence-corrected chi connectivity index (χ4v) is 3.28. The second kappa shape index (κ2) is 9.07. The van der Waals surface area contributed by atoms with Gasteiger partial charge in [-0.15, -0.1) is 11.8 Å². The molecule has 0 aliphatic carbocycles. The number of aryl methyl sites for hydroxylation is 1. The van der Waals surface area contributed by atoms with Gasteiger partial charge in [0.15, 0.2) is 0 Å². The molecule has 0 unspecified atom stereocenters. The van der Waals surface area contributed by atoms with Crippen molar-refractivity contribution in [2.45, 2.75) is 17.6 Å². The lowest BCUT2D eigenvalue weighted by Crippen LogP contribution is -2.07. The Bertz CT molecular complexity index is 868. The van der Waals surface area contributed by atoms with Crippen molar-refractivity contribution in [3.8, 4) is 0 Å². The maximum atomic E-state index is 12.0. The summed E-state index contributed by atoms with van der Waals surface area (Å²) in [6, 6.07) is 26.4. The molecule has 0 aliphatic rings. The number of rotatable bonds is 6. The maximum Gasteiger partial charge on any atom is 0.248 e. The Morgan fingerprint density at radius 2 is 1.62 bits per heavy atom. The third-order valence-corrected chi connectivity index (χ3v) is 4.96. The lowest BCUT2D eigenvalue weighted by atomic mass is 10.1. The highest BCUT2D eigenvalue weighted by Gasteiger charge is 2.00. The number of hydrogen-bond acceptors (Lipinski definition) is 2. The molecule has 3 aromatic rings. The molecule has 130 valence electrons. The molecule has 3 heteroatoms. The maximum absolute atomic E-state index is 12.0. The predicted molar refractivity (Wildman–Crippen MR) is 111 cm³/mol. The van der Waals surface area contributed by atoms with Crippen LogP contribution in [-0.4, -0.2) is 5.91 Å². The van der Waals surface area contributed by atoms with Gasteiger partial charge in [0.2, 0.25) is 5.91 Å². The van der Waals surface area contributed by atoms with Crippen molar-refractivity contribution in [3.63, 3.8) is 0 Å². The van der Waals surface area contributed by atoms with Crippen LogP contribution >= 0.6 is 11.8 Å². The number of carbonyl (C=O) groups excluding carboxylic acids is 1. The van der Waals surface area contributed by atoms with Crippen LogP contribution in [0.1, 0.15) is 16.7 Å². The van der Waals surface area contributed by atoms with Gasteiger partial charge >= 0.3 is 0 Å². The van der Waals surface area contributed by atoms with Gasteiger partial charge in [-0.1, -0.05) is 60.2 Å². The van der Waals surface area contributed by atoms with Crippen LogP contribution in [0.3, 0.4) is 0 Å². The minimum absolute atomic E-state index is 0.128. The molecule has 0 saturated carbocycles. The van der Waals surface area contributed by atoms with Crippen molar-refractivity contribution in [2.75, 3.05) is 5.32 Å². The lowest BCUT2D eigenvalue weighted by molar-refractivity contribution is -0.111. The monoisotopic (exact) mass is 359 g/mol. The van der Waals surface area contributed by atoms with Gasteiger partial charge in [0.05, 0.1) is 0 Å². The van der Waals surface area contributed by atoms with Crippen molar-refractivity contribution < 1.29 is 4.79 Å². The van der Waals surface area contributed by atoms with E-state index < -0.39 is 0 Å². The Kier molecular flexibility index (Phi) is 6.29. The molecule has 0 radical (unpaired) electrons. The summed E-state index contributed by atoms with van der Waals surface area (Å²) in [5.41, 5.74) is 4.25. The van der Waals surface area contributed by atoms with Gasteiger partial charge in [-0.25, -0.2) is 0 Å². The summed E-state index contributed by atoms with van der Waals surface area (Å²) in [7, 11) is 0. The zero-order valence-corrected chi connectivity index (χ0v) is 15.5. The molecule has 0 heterocycles. The Balaban J connectivity index is 1.51.